The van der Waals surface area contributed by atoms with Gasteiger partial charge in [0, 0.05) is 0 Å². The highest BCUT2D eigenvalue weighted by Crippen LogP contribution is 2.27. The molecule has 1 fully saturated rings. The Bertz CT molecular complexity index is 32.5. The SMILES string of the molecule is CCC1[C]CC1. The molecule has 1 aliphatic rings. The number of rotatable bonds is 1. The second-order valence-electron chi connectivity index (χ2n) is 1.85. The van der Waals surface area contributed by atoms with Gasteiger partial charge in [0.2, 0.25) is 0 Å². The van der Waals surface area contributed by atoms with Crippen LogP contribution in [0.2, 0.25) is 0 Å². The van der Waals surface area contributed by atoms with Gasteiger partial charge in [-0.3, -0.25) is 0 Å². The molecular formula is C6H10. The van der Waals surface area contributed by atoms with Gasteiger partial charge in [0.25, 0.3) is 0 Å². The normalized spacial score (nSPS) is 23.5. The van der Waals surface area contributed by atoms with Gasteiger partial charge in [0.1, 0.15) is 0 Å². The molecule has 0 bridgehead atoms. The average molecular weight is 82.1 g/mol. The summed E-state index contributed by atoms with van der Waals surface area (Å²) in [5.41, 5.74) is 0. The summed E-state index contributed by atoms with van der Waals surface area (Å²) in [6.07, 6.45) is 7.25. The fraction of sp³-hybridized carbons (Fsp3) is 0.833. The van der Waals surface area contributed by atoms with Crippen LogP contribution in [0.3, 0.4) is 0 Å². The predicted molar refractivity (Wildman–Crippen MR) is 26.3 cm³/mol. The van der Waals surface area contributed by atoms with E-state index < -0.39 is 0 Å². The highest BCUT2D eigenvalue weighted by molar-refractivity contribution is 4.85. The molecule has 1 rings (SSSR count). The Labute approximate surface area is 39.6 Å². The van der Waals surface area contributed by atoms with Gasteiger partial charge in [0.15, 0.2) is 0 Å². The van der Waals surface area contributed by atoms with E-state index in [0.717, 1.165) is 5.92 Å². The van der Waals surface area contributed by atoms with E-state index in [1.165, 1.54) is 19.3 Å². The maximum atomic E-state index is 3.30. The minimum Gasteiger partial charge on any atom is -0.0651 e. The molecule has 0 aromatic carbocycles. The van der Waals surface area contributed by atoms with Crippen molar-refractivity contribution in [3.63, 3.8) is 0 Å². The Morgan fingerprint density at radius 1 is 1.83 bits per heavy atom. The third-order valence-electron chi connectivity index (χ3n) is 1.42. The minimum absolute atomic E-state index is 0.866. The first-order valence-electron chi connectivity index (χ1n) is 2.67. The largest absolute Gasteiger partial charge is 0.0651 e. The molecule has 34 valence electrons. The number of hydrogen-bond acceptors (Lipinski definition) is 0. The van der Waals surface area contributed by atoms with Crippen molar-refractivity contribution in [2.75, 3.05) is 0 Å². The molecule has 0 N–H and O–H groups in total. The van der Waals surface area contributed by atoms with Crippen molar-refractivity contribution in [2.45, 2.75) is 26.2 Å². The Morgan fingerprint density at radius 2 is 2.50 bits per heavy atom. The van der Waals surface area contributed by atoms with Gasteiger partial charge >= 0.3 is 0 Å². The van der Waals surface area contributed by atoms with Crippen LogP contribution in [0.4, 0.5) is 0 Å². The van der Waals surface area contributed by atoms with Gasteiger partial charge in [-0.25, -0.2) is 0 Å². The fourth-order valence-electron chi connectivity index (χ4n) is 0.697. The van der Waals surface area contributed by atoms with Crippen molar-refractivity contribution in [3.8, 4) is 0 Å². The molecule has 0 aromatic rings. The molecule has 1 aliphatic carbocycles. The lowest BCUT2D eigenvalue weighted by Crippen LogP contribution is -2.09. The molecule has 0 aromatic heterocycles. The molecule has 2 radical (unpaired) electrons. The third kappa shape index (κ3) is 0.562. The van der Waals surface area contributed by atoms with E-state index in [4.69, 9.17) is 0 Å². The molecule has 1 unspecified atom stereocenters. The maximum absolute atomic E-state index is 3.30. The van der Waals surface area contributed by atoms with Crippen molar-refractivity contribution in [3.05, 3.63) is 6.42 Å². The maximum Gasteiger partial charge on any atom is -0.0140 e. The van der Waals surface area contributed by atoms with E-state index >= 15 is 0 Å². The standard InChI is InChI=1S/C6H10/c1-2-6-4-3-5-6/h6H,2-4H2,1H3. The van der Waals surface area contributed by atoms with Crippen LogP contribution in [0.1, 0.15) is 26.2 Å². The van der Waals surface area contributed by atoms with E-state index in [2.05, 4.69) is 13.3 Å². The molecule has 6 heavy (non-hydrogen) atoms. The van der Waals surface area contributed by atoms with Crippen molar-refractivity contribution in [1.82, 2.24) is 0 Å². The van der Waals surface area contributed by atoms with Crippen molar-refractivity contribution < 1.29 is 0 Å². The summed E-state index contributed by atoms with van der Waals surface area (Å²) in [5, 5.41) is 0. The summed E-state index contributed by atoms with van der Waals surface area (Å²) in [4.78, 5) is 0. The Balaban J connectivity index is 2.01. The molecule has 0 heterocycles. The van der Waals surface area contributed by atoms with Crippen LogP contribution in [0.25, 0.3) is 0 Å². The predicted octanol–water partition coefficient (Wildman–Crippen LogP) is 1.89. The molecule has 1 atom stereocenters. The highest BCUT2D eigenvalue weighted by Gasteiger charge is 2.14. The lowest BCUT2D eigenvalue weighted by molar-refractivity contribution is 0.420. The van der Waals surface area contributed by atoms with Gasteiger partial charge in [-0.2, -0.15) is 0 Å². The third-order valence-corrected chi connectivity index (χ3v) is 1.42. The Kier molecular flexibility index (Phi) is 1.13. The summed E-state index contributed by atoms with van der Waals surface area (Å²) in [5.74, 6) is 0.866. The molecule has 0 spiro atoms. The number of hydrogen-bond donors (Lipinski definition) is 0. The van der Waals surface area contributed by atoms with E-state index in [1.807, 2.05) is 0 Å². The van der Waals surface area contributed by atoms with Crippen molar-refractivity contribution >= 4 is 0 Å². The Morgan fingerprint density at radius 3 is 2.50 bits per heavy atom. The van der Waals surface area contributed by atoms with Crippen LogP contribution in [-0.2, 0) is 0 Å². The lowest BCUT2D eigenvalue weighted by atomic mass is 9.84. The van der Waals surface area contributed by atoms with Gasteiger partial charge in [-0.1, -0.05) is 13.3 Å². The molecule has 0 amide bonds. The fourth-order valence-corrected chi connectivity index (χ4v) is 0.697. The topological polar surface area (TPSA) is 0 Å². The summed E-state index contributed by atoms with van der Waals surface area (Å²) < 4.78 is 0. The van der Waals surface area contributed by atoms with Crippen LogP contribution in [0, 0.1) is 12.3 Å². The molecular weight excluding hydrogens is 72.1 g/mol. The summed E-state index contributed by atoms with van der Waals surface area (Å²) in [7, 11) is 0. The van der Waals surface area contributed by atoms with Crippen LogP contribution in [-0.4, -0.2) is 0 Å². The summed E-state index contributed by atoms with van der Waals surface area (Å²) in [6.45, 7) is 2.22. The van der Waals surface area contributed by atoms with Crippen LogP contribution in [0.5, 0.6) is 0 Å². The minimum atomic E-state index is 0.866. The molecule has 1 saturated carbocycles. The van der Waals surface area contributed by atoms with Crippen molar-refractivity contribution in [1.29, 1.82) is 0 Å². The van der Waals surface area contributed by atoms with E-state index in [-0.39, 0.29) is 0 Å². The molecule has 0 saturated heterocycles. The molecule has 0 aliphatic heterocycles. The quantitative estimate of drug-likeness (QED) is 0.453. The van der Waals surface area contributed by atoms with E-state index in [1.54, 1.807) is 0 Å². The second kappa shape index (κ2) is 1.63. The van der Waals surface area contributed by atoms with Gasteiger partial charge in [-0.15, -0.1) is 0 Å². The second-order valence-corrected chi connectivity index (χ2v) is 1.85. The summed E-state index contributed by atoms with van der Waals surface area (Å²) >= 11 is 0. The van der Waals surface area contributed by atoms with Gasteiger partial charge < -0.3 is 0 Å². The van der Waals surface area contributed by atoms with Gasteiger partial charge in [-0.05, 0) is 25.2 Å². The Hall–Kier alpha value is 0. The zero-order valence-corrected chi connectivity index (χ0v) is 4.20. The lowest BCUT2D eigenvalue weighted by Gasteiger charge is -2.21. The first kappa shape index (κ1) is 4.17. The monoisotopic (exact) mass is 82.1 g/mol. The van der Waals surface area contributed by atoms with Crippen LogP contribution < -0.4 is 0 Å². The highest BCUT2D eigenvalue weighted by atomic mass is 14.2. The van der Waals surface area contributed by atoms with Gasteiger partial charge in [0.05, 0.1) is 0 Å². The van der Waals surface area contributed by atoms with E-state index in [0.29, 0.717) is 0 Å². The van der Waals surface area contributed by atoms with Crippen LogP contribution >= 0.6 is 0 Å². The average Bonchev–Trinajstić information content (AvgIpc) is 1.31. The van der Waals surface area contributed by atoms with Crippen molar-refractivity contribution in [2.24, 2.45) is 5.92 Å². The first-order valence-corrected chi connectivity index (χ1v) is 2.67. The molecule has 0 heteroatoms. The zero-order chi connectivity index (χ0) is 4.41. The smallest absolute Gasteiger partial charge is 0.0140 e. The van der Waals surface area contributed by atoms with Crippen LogP contribution in [0.15, 0.2) is 0 Å². The first-order chi connectivity index (χ1) is 2.93. The summed E-state index contributed by atoms with van der Waals surface area (Å²) in [6, 6.07) is 0. The van der Waals surface area contributed by atoms with E-state index in [9.17, 15) is 0 Å². The zero-order valence-electron chi connectivity index (χ0n) is 4.20. The molecule has 0 nitrogen and oxygen atoms in total.